The smallest absolute Gasteiger partial charge is 0.233 e. The second kappa shape index (κ2) is 5.01. The fraction of sp³-hybridized carbons (Fsp3) is 0.750. The van der Waals surface area contributed by atoms with Gasteiger partial charge in [-0.05, 0) is 12.8 Å². The molecule has 4 nitrogen and oxygen atoms in total. The van der Waals surface area contributed by atoms with Crippen molar-refractivity contribution in [3.8, 4) is 0 Å². The second-order valence-electron chi connectivity index (χ2n) is 2.92. The summed E-state index contributed by atoms with van der Waals surface area (Å²) < 4.78 is 3.97. The topological polar surface area (TPSA) is 55.0 Å². The van der Waals surface area contributed by atoms with Gasteiger partial charge in [0.1, 0.15) is 0 Å². The van der Waals surface area contributed by atoms with Gasteiger partial charge >= 0.3 is 0 Å². The highest BCUT2D eigenvalue weighted by Crippen LogP contribution is 2.18. The summed E-state index contributed by atoms with van der Waals surface area (Å²) in [5.41, 5.74) is 5.47. The Morgan fingerprint density at radius 3 is 2.31 bits per heavy atom. The quantitative estimate of drug-likeness (QED) is 0.786. The van der Waals surface area contributed by atoms with Gasteiger partial charge in [-0.15, -0.1) is 0 Å². The number of nitrogen functional groups attached to an aromatic ring is 1. The predicted molar refractivity (Wildman–Crippen MR) is 57.1 cm³/mol. The number of hydrogen-bond donors (Lipinski definition) is 1. The van der Waals surface area contributed by atoms with E-state index in [0.29, 0.717) is 5.95 Å². The maximum Gasteiger partial charge on any atom is 0.233 e. The van der Waals surface area contributed by atoms with Gasteiger partial charge in [-0.2, -0.15) is 9.36 Å². The monoisotopic (exact) mass is 200 g/mol. The Morgan fingerprint density at radius 1 is 1.31 bits per heavy atom. The summed E-state index contributed by atoms with van der Waals surface area (Å²) in [5, 5.41) is 0.946. The van der Waals surface area contributed by atoms with Crippen molar-refractivity contribution in [2.75, 3.05) is 23.7 Å². The van der Waals surface area contributed by atoms with Crippen molar-refractivity contribution >= 4 is 22.6 Å². The molecule has 1 aromatic rings. The van der Waals surface area contributed by atoms with E-state index in [0.717, 1.165) is 31.1 Å². The van der Waals surface area contributed by atoms with Crippen LogP contribution in [-0.4, -0.2) is 22.4 Å². The third-order valence-electron chi connectivity index (χ3n) is 1.69. The van der Waals surface area contributed by atoms with Gasteiger partial charge in [0.2, 0.25) is 11.1 Å². The van der Waals surface area contributed by atoms with Crippen LogP contribution >= 0.6 is 11.5 Å². The highest BCUT2D eigenvalue weighted by atomic mass is 32.1. The summed E-state index contributed by atoms with van der Waals surface area (Å²) in [4.78, 5) is 6.39. The normalized spacial score (nSPS) is 10.3. The lowest BCUT2D eigenvalue weighted by Crippen LogP contribution is -2.24. The summed E-state index contributed by atoms with van der Waals surface area (Å²) in [5.74, 6) is 0.386. The van der Waals surface area contributed by atoms with E-state index in [-0.39, 0.29) is 0 Å². The average Bonchev–Trinajstić information content (AvgIpc) is 2.51. The van der Waals surface area contributed by atoms with Crippen LogP contribution in [0.3, 0.4) is 0 Å². The van der Waals surface area contributed by atoms with Crippen molar-refractivity contribution in [1.29, 1.82) is 0 Å². The van der Waals surface area contributed by atoms with E-state index < -0.39 is 0 Å². The fourth-order valence-corrected chi connectivity index (χ4v) is 1.85. The minimum atomic E-state index is 0.386. The molecule has 5 heteroatoms. The van der Waals surface area contributed by atoms with E-state index in [1.807, 2.05) is 0 Å². The van der Waals surface area contributed by atoms with Crippen LogP contribution in [0.25, 0.3) is 0 Å². The van der Waals surface area contributed by atoms with Crippen molar-refractivity contribution in [1.82, 2.24) is 9.36 Å². The molecule has 0 saturated heterocycles. The predicted octanol–water partition coefficient (Wildman–Crippen LogP) is 1.75. The van der Waals surface area contributed by atoms with Crippen LogP contribution in [-0.2, 0) is 0 Å². The van der Waals surface area contributed by atoms with E-state index in [4.69, 9.17) is 5.73 Å². The van der Waals surface area contributed by atoms with Gasteiger partial charge in [0.15, 0.2) is 0 Å². The molecule has 0 aliphatic rings. The molecular weight excluding hydrogens is 184 g/mol. The molecular formula is C8H16N4S. The molecule has 0 bridgehead atoms. The number of nitrogens with two attached hydrogens (primary N) is 1. The average molecular weight is 200 g/mol. The van der Waals surface area contributed by atoms with E-state index in [1.165, 1.54) is 11.5 Å². The number of hydrogen-bond acceptors (Lipinski definition) is 5. The summed E-state index contributed by atoms with van der Waals surface area (Å²) in [6.45, 7) is 6.38. The SMILES string of the molecule is CCCN(CCC)c1nc(N)ns1. The Morgan fingerprint density at radius 2 is 1.92 bits per heavy atom. The lowest BCUT2D eigenvalue weighted by atomic mass is 10.4. The summed E-state index contributed by atoms with van der Waals surface area (Å²) >= 11 is 1.38. The van der Waals surface area contributed by atoms with Crippen molar-refractivity contribution in [3.05, 3.63) is 0 Å². The van der Waals surface area contributed by atoms with E-state index >= 15 is 0 Å². The van der Waals surface area contributed by atoms with Crippen molar-refractivity contribution in [2.24, 2.45) is 0 Å². The van der Waals surface area contributed by atoms with E-state index in [1.54, 1.807) is 0 Å². The molecule has 0 unspecified atom stereocenters. The number of anilines is 2. The molecule has 2 N–H and O–H groups in total. The Hall–Kier alpha value is -0.840. The maximum atomic E-state index is 5.47. The molecule has 0 aliphatic carbocycles. The molecule has 1 aromatic heterocycles. The standard InChI is InChI=1S/C8H16N4S/c1-3-5-12(6-4-2)8-10-7(9)11-13-8/h3-6H2,1-2H3,(H2,9,11). The molecule has 1 heterocycles. The minimum Gasteiger partial charge on any atom is -0.367 e. The summed E-state index contributed by atoms with van der Waals surface area (Å²) in [7, 11) is 0. The van der Waals surface area contributed by atoms with Crippen LogP contribution in [0.1, 0.15) is 26.7 Å². The third-order valence-corrected chi connectivity index (χ3v) is 2.48. The maximum absolute atomic E-state index is 5.47. The molecule has 0 saturated carbocycles. The van der Waals surface area contributed by atoms with Gasteiger partial charge < -0.3 is 10.6 Å². The van der Waals surface area contributed by atoms with Crippen molar-refractivity contribution < 1.29 is 0 Å². The molecule has 0 radical (unpaired) electrons. The van der Waals surface area contributed by atoms with Gasteiger partial charge in [-0.3, -0.25) is 0 Å². The zero-order valence-corrected chi connectivity index (χ0v) is 8.97. The zero-order valence-electron chi connectivity index (χ0n) is 8.16. The Labute approximate surface area is 82.9 Å². The summed E-state index contributed by atoms with van der Waals surface area (Å²) in [6.07, 6.45) is 2.25. The number of aromatic nitrogens is 2. The molecule has 1 rings (SSSR count). The Kier molecular flexibility index (Phi) is 3.95. The van der Waals surface area contributed by atoms with Crippen LogP contribution in [0.15, 0.2) is 0 Å². The molecule has 0 atom stereocenters. The molecule has 74 valence electrons. The van der Waals surface area contributed by atoms with Crippen LogP contribution in [0.5, 0.6) is 0 Å². The second-order valence-corrected chi connectivity index (χ2v) is 3.65. The Bertz CT molecular complexity index is 242. The number of nitrogens with zero attached hydrogens (tertiary/aromatic N) is 3. The van der Waals surface area contributed by atoms with Gasteiger partial charge in [0, 0.05) is 24.6 Å². The van der Waals surface area contributed by atoms with Gasteiger partial charge in [-0.1, -0.05) is 13.8 Å². The fourth-order valence-electron chi connectivity index (χ4n) is 1.20. The lowest BCUT2D eigenvalue weighted by Gasteiger charge is -2.19. The molecule has 0 aliphatic heterocycles. The van der Waals surface area contributed by atoms with Crippen molar-refractivity contribution in [3.63, 3.8) is 0 Å². The van der Waals surface area contributed by atoms with Crippen molar-refractivity contribution in [2.45, 2.75) is 26.7 Å². The number of rotatable bonds is 5. The first-order chi connectivity index (χ1) is 6.27. The van der Waals surface area contributed by atoms with E-state index in [2.05, 4.69) is 28.1 Å². The largest absolute Gasteiger partial charge is 0.367 e. The van der Waals surface area contributed by atoms with Gasteiger partial charge in [-0.25, -0.2) is 0 Å². The zero-order chi connectivity index (χ0) is 9.68. The van der Waals surface area contributed by atoms with Gasteiger partial charge in [0.25, 0.3) is 0 Å². The van der Waals surface area contributed by atoms with Crippen LogP contribution in [0, 0.1) is 0 Å². The van der Waals surface area contributed by atoms with Crippen LogP contribution in [0.4, 0.5) is 11.1 Å². The van der Waals surface area contributed by atoms with Crippen LogP contribution < -0.4 is 10.6 Å². The van der Waals surface area contributed by atoms with Gasteiger partial charge in [0.05, 0.1) is 0 Å². The molecule has 0 spiro atoms. The minimum absolute atomic E-state index is 0.386. The molecule has 0 amide bonds. The first kappa shape index (κ1) is 10.2. The first-order valence-electron chi connectivity index (χ1n) is 4.62. The Balaban J connectivity index is 2.63. The van der Waals surface area contributed by atoms with Crippen LogP contribution in [0.2, 0.25) is 0 Å². The highest BCUT2D eigenvalue weighted by Gasteiger charge is 2.08. The molecule has 13 heavy (non-hydrogen) atoms. The third kappa shape index (κ3) is 2.84. The molecule has 0 aromatic carbocycles. The summed E-state index contributed by atoms with van der Waals surface area (Å²) in [6, 6.07) is 0. The molecule has 0 fully saturated rings. The lowest BCUT2D eigenvalue weighted by molar-refractivity contribution is 0.742. The first-order valence-corrected chi connectivity index (χ1v) is 5.39. The highest BCUT2D eigenvalue weighted by molar-refractivity contribution is 7.09. The van der Waals surface area contributed by atoms with E-state index in [9.17, 15) is 0 Å².